The fourth-order valence-corrected chi connectivity index (χ4v) is 1.88. The van der Waals surface area contributed by atoms with Crippen LogP contribution in [-0.4, -0.2) is 26.2 Å². The molecule has 0 bridgehead atoms. The number of nitrogens with one attached hydrogen (secondary N) is 1. The molecule has 0 aromatic heterocycles. The Labute approximate surface area is 122 Å². The van der Waals surface area contributed by atoms with Gasteiger partial charge in [0.2, 0.25) is 0 Å². The number of hydrogen-bond acceptors (Lipinski definition) is 3. The monoisotopic (exact) mass is 275 g/mol. The van der Waals surface area contributed by atoms with Crippen LogP contribution in [0, 0.1) is 5.92 Å². The molecule has 1 aromatic carbocycles. The Morgan fingerprint density at radius 3 is 2.45 bits per heavy atom. The summed E-state index contributed by atoms with van der Waals surface area (Å²) in [6, 6.07) is 7.51. The SMILES string of the molecule is CCCNCC(=Cc1ccc(C(=O)OC)cc1)C(C)C. The van der Waals surface area contributed by atoms with Gasteiger partial charge in [0, 0.05) is 6.54 Å². The van der Waals surface area contributed by atoms with E-state index in [0.717, 1.165) is 25.1 Å². The summed E-state index contributed by atoms with van der Waals surface area (Å²) in [5, 5.41) is 3.43. The average molecular weight is 275 g/mol. The van der Waals surface area contributed by atoms with Gasteiger partial charge in [-0.1, -0.05) is 44.6 Å². The first-order valence-electron chi connectivity index (χ1n) is 7.18. The van der Waals surface area contributed by atoms with Crippen LogP contribution in [0.1, 0.15) is 43.1 Å². The van der Waals surface area contributed by atoms with Gasteiger partial charge in [0.05, 0.1) is 12.7 Å². The smallest absolute Gasteiger partial charge is 0.337 e. The van der Waals surface area contributed by atoms with Crippen LogP contribution >= 0.6 is 0 Å². The van der Waals surface area contributed by atoms with E-state index in [4.69, 9.17) is 4.74 Å². The second-order valence-electron chi connectivity index (χ2n) is 5.16. The Bertz CT molecular complexity index is 447. The Morgan fingerprint density at radius 2 is 1.95 bits per heavy atom. The van der Waals surface area contributed by atoms with Crippen LogP contribution < -0.4 is 5.32 Å². The standard InChI is InChI=1S/C17H25NO2/c1-5-10-18-12-16(13(2)3)11-14-6-8-15(9-7-14)17(19)20-4/h6-9,11,13,18H,5,10,12H2,1-4H3. The number of benzene rings is 1. The molecule has 0 atom stereocenters. The van der Waals surface area contributed by atoms with E-state index in [1.54, 1.807) is 12.1 Å². The van der Waals surface area contributed by atoms with E-state index in [9.17, 15) is 4.79 Å². The van der Waals surface area contributed by atoms with E-state index in [1.807, 2.05) is 12.1 Å². The first-order chi connectivity index (χ1) is 9.58. The summed E-state index contributed by atoms with van der Waals surface area (Å²) in [6.07, 6.45) is 3.33. The normalized spacial score (nSPS) is 11.8. The van der Waals surface area contributed by atoms with Crippen LogP contribution in [0.25, 0.3) is 6.08 Å². The molecule has 110 valence electrons. The molecule has 0 unspecified atom stereocenters. The number of hydrogen-bond donors (Lipinski definition) is 1. The third-order valence-electron chi connectivity index (χ3n) is 3.18. The van der Waals surface area contributed by atoms with Gasteiger partial charge < -0.3 is 10.1 Å². The molecule has 1 aromatic rings. The van der Waals surface area contributed by atoms with Crippen LogP contribution in [0.2, 0.25) is 0 Å². The van der Waals surface area contributed by atoms with Crippen LogP contribution in [-0.2, 0) is 4.74 Å². The molecule has 0 aliphatic carbocycles. The maximum absolute atomic E-state index is 11.4. The molecule has 0 aliphatic heterocycles. The van der Waals surface area contributed by atoms with Crippen molar-refractivity contribution in [3.8, 4) is 0 Å². The zero-order valence-electron chi connectivity index (χ0n) is 12.9. The minimum absolute atomic E-state index is 0.297. The summed E-state index contributed by atoms with van der Waals surface area (Å²) < 4.78 is 4.70. The number of ether oxygens (including phenoxy) is 1. The van der Waals surface area contributed by atoms with E-state index in [-0.39, 0.29) is 5.97 Å². The molecule has 1 rings (SSSR count). The van der Waals surface area contributed by atoms with E-state index in [2.05, 4.69) is 32.2 Å². The second-order valence-corrected chi connectivity index (χ2v) is 5.16. The highest BCUT2D eigenvalue weighted by molar-refractivity contribution is 5.89. The van der Waals surface area contributed by atoms with Crippen molar-refractivity contribution in [2.75, 3.05) is 20.2 Å². The Morgan fingerprint density at radius 1 is 1.30 bits per heavy atom. The molecule has 1 N–H and O–H groups in total. The van der Waals surface area contributed by atoms with Crippen molar-refractivity contribution in [2.45, 2.75) is 27.2 Å². The van der Waals surface area contributed by atoms with Crippen LogP contribution in [0.3, 0.4) is 0 Å². The largest absolute Gasteiger partial charge is 0.465 e. The Kier molecular flexibility index (Phi) is 7.02. The number of esters is 1. The minimum Gasteiger partial charge on any atom is -0.465 e. The van der Waals surface area contributed by atoms with Gasteiger partial charge in [-0.25, -0.2) is 4.79 Å². The Balaban J connectivity index is 2.80. The number of carbonyl (C=O) groups excluding carboxylic acids is 1. The first-order valence-corrected chi connectivity index (χ1v) is 7.18. The maximum Gasteiger partial charge on any atom is 0.337 e. The number of methoxy groups -OCH3 is 1. The zero-order valence-corrected chi connectivity index (χ0v) is 12.9. The predicted molar refractivity (Wildman–Crippen MR) is 83.8 cm³/mol. The third kappa shape index (κ3) is 5.17. The highest BCUT2D eigenvalue weighted by Gasteiger charge is 2.06. The summed E-state index contributed by atoms with van der Waals surface area (Å²) in [6.45, 7) is 8.50. The average Bonchev–Trinajstić information content (AvgIpc) is 2.46. The number of rotatable bonds is 7. The van der Waals surface area contributed by atoms with Crippen LogP contribution in [0.5, 0.6) is 0 Å². The van der Waals surface area contributed by atoms with Gasteiger partial charge in [-0.15, -0.1) is 0 Å². The second kappa shape index (κ2) is 8.54. The van der Waals surface area contributed by atoms with Crippen molar-refractivity contribution < 1.29 is 9.53 Å². The van der Waals surface area contributed by atoms with Crippen molar-refractivity contribution in [2.24, 2.45) is 5.92 Å². The zero-order chi connectivity index (χ0) is 15.0. The molecular weight excluding hydrogens is 250 g/mol. The fourth-order valence-electron chi connectivity index (χ4n) is 1.88. The van der Waals surface area contributed by atoms with Gasteiger partial charge >= 0.3 is 5.97 Å². The molecule has 3 heteroatoms. The molecule has 0 saturated heterocycles. The summed E-state index contributed by atoms with van der Waals surface area (Å²) in [5.41, 5.74) is 3.06. The topological polar surface area (TPSA) is 38.3 Å². The van der Waals surface area contributed by atoms with Gasteiger partial charge in [0.15, 0.2) is 0 Å². The van der Waals surface area contributed by atoms with Crippen molar-refractivity contribution in [1.82, 2.24) is 5.32 Å². The van der Waals surface area contributed by atoms with Gasteiger partial charge in [-0.3, -0.25) is 0 Å². The van der Waals surface area contributed by atoms with Crippen molar-refractivity contribution in [3.05, 3.63) is 41.0 Å². The Hall–Kier alpha value is -1.61. The lowest BCUT2D eigenvalue weighted by molar-refractivity contribution is 0.0601. The van der Waals surface area contributed by atoms with E-state index >= 15 is 0 Å². The van der Waals surface area contributed by atoms with E-state index in [1.165, 1.54) is 12.7 Å². The van der Waals surface area contributed by atoms with Gasteiger partial charge in [-0.05, 0) is 36.6 Å². The van der Waals surface area contributed by atoms with E-state index in [0.29, 0.717) is 11.5 Å². The molecule has 0 fully saturated rings. The first kappa shape index (κ1) is 16.4. The van der Waals surface area contributed by atoms with Crippen molar-refractivity contribution in [1.29, 1.82) is 0 Å². The minimum atomic E-state index is -0.297. The van der Waals surface area contributed by atoms with E-state index < -0.39 is 0 Å². The molecule has 0 aliphatic rings. The molecule has 0 heterocycles. The quantitative estimate of drug-likeness (QED) is 0.611. The molecule has 0 radical (unpaired) electrons. The summed E-state index contributed by atoms with van der Waals surface area (Å²) >= 11 is 0. The summed E-state index contributed by atoms with van der Waals surface area (Å²) in [7, 11) is 1.40. The molecule has 0 amide bonds. The fraction of sp³-hybridized carbons (Fsp3) is 0.471. The van der Waals surface area contributed by atoms with Crippen molar-refractivity contribution >= 4 is 12.0 Å². The highest BCUT2D eigenvalue weighted by Crippen LogP contribution is 2.15. The molecule has 0 spiro atoms. The van der Waals surface area contributed by atoms with Gasteiger partial charge in [-0.2, -0.15) is 0 Å². The highest BCUT2D eigenvalue weighted by atomic mass is 16.5. The number of carbonyl (C=O) groups is 1. The van der Waals surface area contributed by atoms with Crippen LogP contribution in [0.4, 0.5) is 0 Å². The molecular formula is C17H25NO2. The van der Waals surface area contributed by atoms with Crippen LogP contribution in [0.15, 0.2) is 29.8 Å². The lowest BCUT2D eigenvalue weighted by Crippen LogP contribution is -2.19. The molecule has 3 nitrogen and oxygen atoms in total. The summed E-state index contributed by atoms with van der Waals surface area (Å²) in [4.78, 5) is 11.4. The van der Waals surface area contributed by atoms with Crippen molar-refractivity contribution in [3.63, 3.8) is 0 Å². The summed E-state index contributed by atoms with van der Waals surface area (Å²) in [5.74, 6) is 0.203. The third-order valence-corrected chi connectivity index (χ3v) is 3.18. The predicted octanol–water partition coefficient (Wildman–Crippen LogP) is 3.51. The lowest BCUT2D eigenvalue weighted by Gasteiger charge is -2.12. The van der Waals surface area contributed by atoms with Gasteiger partial charge in [0.1, 0.15) is 0 Å². The molecule has 0 saturated carbocycles. The molecule has 20 heavy (non-hydrogen) atoms. The van der Waals surface area contributed by atoms with Gasteiger partial charge in [0.25, 0.3) is 0 Å². The lowest BCUT2D eigenvalue weighted by atomic mass is 9.99. The maximum atomic E-state index is 11.4.